The normalized spacial score (nSPS) is 13.0. The summed E-state index contributed by atoms with van der Waals surface area (Å²) in [6, 6.07) is 5.51. The summed E-state index contributed by atoms with van der Waals surface area (Å²) in [4.78, 5) is 0. The minimum Gasteiger partial charge on any atom is -0.324 e. The van der Waals surface area contributed by atoms with E-state index in [4.69, 9.17) is 28.9 Å². The van der Waals surface area contributed by atoms with E-state index < -0.39 is 0 Å². The maximum atomic E-state index is 5.95. The summed E-state index contributed by atoms with van der Waals surface area (Å²) in [5.41, 5.74) is 6.74. The van der Waals surface area contributed by atoms with Crippen LogP contribution in [0, 0.1) is 0 Å². The van der Waals surface area contributed by atoms with Crippen molar-refractivity contribution in [3.63, 3.8) is 0 Å². The summed E-state index contributed by atoms with van der Waals surface area (Å²) in [5.74, 6) is 0. The molecule has 12 heavy (non-hydrogen) atoms. The van der Waals surface area contributed by atoms with Gasteiger partial charge >= 0.3 is 0 Å². The van der Waals surface area contributed by atoms with Gasteiger partial charge in [-0.15, -0.1) is 0 Å². The van der Waals surface area contributed by atoms with Gasteiger partial charge in [-0.3, -0.25) is 0 Å². The molecule has 0 unspecified atom stereocenters. The predicted molar refractivity (Wildman–Crippen MR) is 53.7 cm³/mol. The van der Waals surface area contributed by atoms with Gasteiger partial charge in [0, 0.05) is 6.04 Å². The van der Waals surface area contributed by atoms with Crippen LogP contribution in [0.25, 0.3) is 0 Å². The van der Waals surface area contributed by atoms with E-state index in [9.17, 15) is 0 Å². The van der Waals surface area contributed by atoms with Crippen molar-refractivity contribution in [3.8, 4) is 0 Å². The Hall–Kier alpha value is -0.240. The zero-order valence-corrected chi connectivity index (χ0v) is 8.36. The van der Waals surface area contributed by atoms with E-state index in [0.29, 0.717) is 10.0 Å². The zero-order chi connectivity index (χ0) is 9.14. The van der Waals surface area contributed by atoms with Gasteiger partial charge in [0.05, 0.1) is 10.0 Å². The van der Waals surface area contributed by atoms with Crippen molar-refractivity contribution in [1.82, 2.24) is 0 Å². The van der Waals surface area contributed by atoms with Crippen molar-refractivity contribution in [2.24, 2.45) is 5.73 Å². The van der Waals surface area contributed by atoms with E-state index in [1.807, 2.05) is 19.1 Å². The average Bonchev–Trinajstić information content (AvgIpc) is 2.08. The lowest BCUT2D eigenvalue weighted by Crippen LogP contribution is -2.09. The minimum atomic E-state index is -0.0174. The van der Waals surface area contributed by atoms with Crippen LogP contribution in [0.1, 0.15) is 24.9 Å². The monoisotopic (exact) mass is 203 g/mol. The predicted octanol–water partition coefficient (Wildman–Crippen LogP) is 3.40. The summed E-state index contributed by atoms with van der Waals surface area (Å²) in [6.07, 6.45) is 0.861. The van der Waals surface area contributed by atoms with Gasteiger partial charge in [0.15, 0.2) is 0 Å². The molecule has 0 aliphatic rings. The molecule has 1 rings (SSSR count). The quantitative estimate of drug-likeness (QED) is 0.784. The molecule has 3 heteroatoms. The molecule has 1 atom stereocenters. The van der Waals surface area contributed by atoms with E-state index in [-0.39, 0.29) is 6.04 Å². The van der Waals surface area contributed by atoms with Crippen LogP contribution in [0.3, 0.4) is 0 Å². The Morgan fingerprint density at radius 2 is 2.08 bits per heavy atom. The van der Waals surface area contributed by atoms with E-state index in [1.165, 1.54) is 0 Å². The molecule has 0 saturated carbocycles. The molecule has 0 bridgehead atoms. The average molecular weight is 204 g/mol. The molecule has 0 radical (unpaired) electrons. The number of nitrogens with two attached hydrogens (primary N) is 1. The largest absolute Gasteiger partial charge is 0.324 e. The molecule has 1 aromatic carbocycles. The van der Waals surface area contributed by atoms with Crippen molar-refractivity contribution >= 4 is 23.2 Å². The molecule has 0 fully saturated rings. The molecule has 2 N–H and O–H groups in total. The molecule has 0 saturated heterocycles. The van der Waals surface area contributed by atoms with Gasteiger partial charge in [0.25, 0.3) is 0 Å². The highest BCUT2D eigenvalue weighted by Crippen LogP contribution is 2.29. The molecule has 1 aromatic rings. The molecule has 1 nitrogen and oxygen atoms in total. The number of hydrogen-bond donors (Lipinski definition) is 1. The molecular formula is C9H11Cl2N. The first-order chi connectivity index (χ1) is 5.66. The van der Waals surface area contributed by atoms with Crippen LogP contribution in [-0.4, -0.2) is 0 Å². The molecule has 0 aliphatic carbocycles. The fraction of sp³-hybridized carbons (Fsp3) is 0.333. The van der Waals surface area contributed by atoms with Gasteiger partial charge in [-0.05, 0) is 18.1 Å². The lowest BCUT2D eigenvalue weighted by atomic mass is 10.1. The van der Waals surface area contributed by atoms with Crippen LogP contribution in [-0.2, 0) is 0 Å². The maximum Gasteiger partial charge on any atom is 0.0639 e. The van der Waals surface area contributed by atoms with E-state index >= 15 is 0 Å². The van der Waals surface area contributed by atoms with Gasteiger partial charge in [0.1, 0.15) is 0 Å². The van der Waals surface area contributed by atoms with Crippen molar-refractivity contribution in [3.05, 3.63) is 33.8 Å². The fourth-order valence-corrected chi connectivity index (χ4v) is 1.47. The van der Waals surface area contributed by atoms with E-state index in [2.05, 4.69) is 0 Å². The smallest absolute Gasteiger partial charge is 0.0639 e. The number of hydrogen-bond acceptors (Lipinski definition) is 1. The van der Waals surface area contributed by atoms with E-state index in [0.717, 1.165) is 12.0 Å². The van der Waals surface area contributed by atoms with E-state index in [1.54, 1.807) is 6.07 Å². The molecule has 0 heterocycles. The van der Waals surface area contributed by atoms with Crippen LogP contribution < -0.4 is 5.73 Å². The first-order valence-corrected chi connectivity index (χ1v) is 4.62. The highest BCUT2D eigenvalue weighted by Gasteiger charge is 2.09. The summed E-state index contributed by atoms with van der Waals surface area (Å²) in [5, 5.41) is 1.14. The van der Waals surface area contributed by atoms with Gasteiger partial charge in [-0.1, -0.05) is 42.3 Å². The second-order valence-corrected chi connectivity index (χ2v) is 3.44. The minimum absolute atomic E-state index is 0.0174. The fourth-order valence-electron chi connectivity index (χ4n) is 1.03. The highest BCUT2D eigenvalue weighted by atomic mass is 35.5. The van der Waals surface area contributed by atoms with Crippen molar-refractivity contribution < 1.29 is 0 Å². The molecule has 0 aliphatic heterocycles. The van der Waals surface area contributed by atoms with Gasteiger partial charge < -0.3 is 5.73 Å². The van der Waals surface area contributed by atoms with Crippen LogP contribution in [0.5, 0.6) is 0 Å². The summed E-state index contributed by atoms with van der Waals surface area (Å²) in [7, 11) is 0. The van der Waals surface area contributed by atoms with Crippen LogP contribution in [0.4, 0.5) is 0 Å². The SMILES string of the molecule is CC[C@@H](N)c1cccc(Cl)c1Cl. The lowest BCUT2D eigenvalue weighted by molar-refractivity contribution is 0.699. The summed E-state index contributed by atoms with van der Waals surface area (Å²) >= 11 is 11.8. The lowest BCUT2D eigenvalue weighted by Gasteiger charge is -2.11. The van der Waals surface area contributed by atoms with Crippen LogP contribution in [0.2, 0.25) is 10.0 Å². The van der Waals surface area contributed by atoms with Crippen molar-refractivity contribution in [2.75, 3.05) is 0 Å². The maximum absolute atomic E-state index is 5.95. The molecule has 66 valence electrons. The second kappa shape index (κ2) is 4.13. The Morgan fingerprint density at radius 3 is 2.67 bits per heavy atom. The standard InChI is InChI=1S/C9H11Cl2N/c1-2-8(12)6-4-3-5-7(10)9(6)11/h3-5,8H,2,12H2,1H3/t8-/m1/s1. The number of rotatable bonds is 2. The topological polar surface area (TPSA) is 26.0 Å². The number of benzene rings is 1. The van der Waals surface area contributed by atoms with Crippen molar-refractivity contribution in [1.29, 1.82) is 0 Å². The Kier molecular flexibility index (Phi) is 3.39. The second-order valence-electron chi connectivity index (χ2n) is 2.66. The molecule has 0 amide bonds. The summed E-state index contributed by atoms with van der Waals surface area (Å²) < 4.78 is 0. The Bertz CT molecular complexity index is 273. The third kappa shape index (κ3) is 1.92. The Labute approximate surface area is 82.5 Å². The van der Waals surface area contributed by atoms with Gasteiger partial charge in [-0.25, -0.2) is 0 Å². The third-order valence-electron chi connectivity index (χ3n) is 1.82. The van der Waals surface area contributed by atoms with Gasteiger partial charge in [0.2, 0.25) is 0 Å². The Morgan fingerprint density at radius 1 is 1.42 bits per heavy atom. The molecular weight excluding hydrogens is 193 g/mol. The van der Waals surface area contributed by atoms with Crippen molar-refractivity contribution in [2.45, 2.75) is 19.4 Å². The van der Waals surface area contributed by atoms with Crippen LogP contribution >= 0.6 is 23.2 Å². The van der Waals surface area contributed by atoms with Gasteiger partial charge in [-0.2, -0.15) is 0 Å². The Balaban J connectivity index is 3.07. The molecule has 0 aromatic heterocycles. The number of halogens is 2. The molecule has 0 spiro atoms. The van der Waals surface area contributed by atoms with Crippen LogP contribution in [0.15, 0.2) is 18.2 Å². The first-order valence-electron chi connectivity index (χ1n) is 3.86. The summed E-state index contributed by atoms with van der Waals surface area (Å²) in [6.45, 7) is 2.02. The first kappa shape index (κ1) is 9.85. The zero-order valence-electron chi connectivity index (χ0n) is 6.85. The highest BCUT2D eigenvalue weighted by molar-refractivity contribution is 6.42. The third-order valence-corrected chi connectivity index (χ3v) is 2.65.